The van der Waals surface area contributed by atoms with Crippen molar-refractivity contribution >= 4 is 28.9 Å². The number of anilines is 1. The number of nitrogen functional groups attached to an aromatic ring is 1. The first-order valence-electron chi connectivity index (χ1n) is 4.50. The van der Waals surface area contributed by atoms with Crippen LogP contribution in [0, 0.1) is 0 Å². The molecule has 0 amide bonds. The zero-order valence-corrected chi connectivity index (χ0v) is 9.66. The fraction of sp³-hybridized carbons (Fsp3) is 0. The lowest BCUT2D eigenvalue weighted by Crippen LogP contribution is -1.94. The Morgan fingerprint density at radius 2 is 1.94 bits per heavy atom. The first-order valence-corrected chi connectivity index (χ1v) is 5.26. The Bertz CT molecular complexity index is 517. The predicted molar refractivity (Wildman–Crippen MR) is 65.2 cm³/mol. The number of halogens is 2. The van der Waals surface area contributed by atoms with Crippen molar-refractivity contribution < 1.29 is 4.74 Å². The smallest absolute Gasteiger partial charge is 0.244 e. The van der Waals surface area contributed by atoms with Crippen LogP contribution in [0.1, 0.15) is 0 Å². The van der Waals surface area contributed by atoms with Crippen LogP contribution in [0.15, 0.2) is 36.4 Å². The summed E-state index contributed by atoms with van der Waals surface area (Å²) in [6.07, 6.45) is 0. The van der Waals surface area contributed by atoms with Crippen LogP contribution in [0.3, 0.4) is 0 Å². The van der Waals surface area contributed by atoms with E-state index in [1.807, 2.05) is 0 Å². The van der Waals surface area contributed by atoms with Crippen LogP contribution < -0.4 is 10.5 Å². The van der Waals surface area contributed by atoms with E-state index in [2.05, 4.69) is 4.98 Å². The van der Waals surface area contributed by atoms with E-state index < -0.39 is 0 Å². The highest BCUT2D eigenvalue weighted by Crippen LogP contribution is 2.28. The first kappa shape index (κ1) is 11.0. The lowest BCUT2D eigenvalue weighted by molar-refractivity contribution is 0.466. The highest BCUT2D eigenvalue weighted by atomic mass is 35.5. The highest BCUT2D eigenvalue weighted by molar-refractivity contribution is 6.30. The molecule has 0 aliphatic heterocycles. The molecule has 0 radical (unpaired) electrons. The van der Waals surface area contributed by atoms with Crippen molar-refractivity contribution in [1.29, 1.82) is 0 Å². The third-order valence-electron chi connectivity index (χ3n) is 1.87. The van der Waals surface area contributed by atoms with E-state index in [0.29, 0.717) is 21.6 Å². The predicted octanol–water partition coefficient (Wildman–Crippen LogP) is 3.76. The van der Waals surface area contributed by atoms with E-state index in [1.54, 1.807) is 36.4 Å². The van der Waals surface area contributed by atoms with Gasteiger partial charge in [-0.1, -0.05) is 29.3 Å². The third kappa shape index (κ3) is 2.56. The average molecular weight is 255 g/mol. The normalized spacial score (nSPS) is 10.1. The molecule has 0 spiro atoms. The summed E-state index contributed by atoms with van der Waals surface area (Å²) in [5.74, 6) is 0.837. The van der Waals surface area contributed by atoms with Crippen molar-refractivity contribution in [2.24, 2.45) is 0 Å². The van der Waals surface area contributed by atoms with Crippen molar-refractivity contribution in [3.05, 3.63) is 46.6 Å². The molecular weight excluding hydrogens is 247 g/mol. The summed E-state index contributed by atoms with van der Waals surface area (Å²) >= 11 is 11.6. The van der Waals surface area contributed by atoms with Crippen LogP contribution in [0.25, 0.3) is 0 Å². The van der Waals surface area contributed by atoms with E-state index in [9.17, 15) is 0 Å². The van der Waals surface area contributed by atoms with Gasteiger partial charge < -0.3 is 10.5 Å². The van der Waals surface area contributed by atoms with E-state index in [1.165, 1.54) is 0 Å². The second-order valence-corrected chi connectivity index (χ2v) is 3.91. The SMILES string of the molecule is Nc1ccc(Cl)nc1Oc1cccc(Cl)c1. The summed E-state index contributed by atoms with van der Waals surface area (Å²) in [6, 6.07) is 10.2. The Morgan fingerprint density at radius 3 is 2.69 bits per heavy atom. The molecule has 0 aliphatic rings. The van der Waals surface area contributed by atoms with Gasteiger partial charge in [0.05, 0.1) is 5.69 Å². The van der Waals surface area contributed by atoms with Gasteiger partial charge in [0.15, 0.2) is 0 Å². The monoisotopic (exact) mass is 254 g/mol. The van der Waals surface area contributed by atoms with Crippen molar-refractivity contribution in [3.8, 4) is 11.6 Å². The van der Waals surface area contributed by atoms with E-state index in [4.69, 9.17) is 33.7 Å². The lowest BCUT2D eigenvalue weighted by atomic mass is 10.3. The molecule has 0 unspecified atom stereocenters. The summed E-state index contributed by atoms with van der Waals surface area (Å²) in [5, 5.41) is 0.907. The molecule has 1 aromatic carbocycles. The van der Waals surface area contributed by atoms with E-state index in [0.717, 1.165) is 0 Å². The molecule has 1 aromatic heterocycles. The van der Waals surface area contributed by atoms with Gasteiger partial charge in [-0.15, -0.1) is 0 Å². The van der Waals surface area contributed by atoms with Crippen molar-refractivity contribution in [2.75, 3.05) is 5.73 Å². The summed E-state index contributed by atoms with van der Waals surface area (Å²) < 4.78 is 5.47. The van der Waals surface area contributed by atoms with Crippen molar-refractivity contribution in [1.82, 2.24) is 4.98 Å². The van der Waals surface area contributed by atoms with Gasteiger partial charge in [-0.2, -0.15) is 4.98 Å². The number of rotatable bonds is 2. The summed E-state index contributed by atoms with van der Waals surface area (Å²) in [7, 11) is 0. The molecule has 0 atom stereocenters. The highest BCUT2D eigenvalue weighted by Gasteiger charge is 2.05. The second kappa shape index (κ2) is 4.60. The maximum absolute atomic E-state index is 5.82. The number of hydrogen-bond acceptors (Lipinski definition) is 3. The molecule has 0 fully saturated rings. The molecule has 3 nitrogen and oxygen atoms in total. The number of nitrogens with zero attached hydrogens (tertiary/aromatic N) is 1. The largest absolute Gasteiger partial charge is 0.437 e. The van der Waals surface area contributed by atoms with Gasteiger partial charge >= 0.3 is 0 Å². The molecule has 0 aliphatic carbocycles. The number of hydrogen-bond donors (Lipinski definition) is 1. The molecule has 0 bridgehead atoms. The minimum absolute atomic E-state index is 0.273. The maximum Gasteiger partial charge on any atom is 0.244 e. The van der Waals surface area contributed by atoms with Crippen LogP contribution >= 0.6 is 23.2 Å². The van der Waals surface area contributed by atoms with Crippen LogP contribution in [0.2, 0.25) is 10.2 Å². The quantitative estimate of drug-likeness (QED) is 0.831. The van der Waals surface area contributed by atoms with Gasteiger partial charge in [0.2, 0.25) is 5.88 Å². The molecule has 2 rings (SSSR count). The molecule has 16 heavy (non-hydrogen) atoms. The summed E-state index contributed by atoms with van der Waals surface area (Å²) in [6.45, 7) is 0. The number of pyridine rings is 1. The molecule has 1 heterocycles. The molecule has 5 heteroatoms. The maximum atomic E-state index is 5.82. The van der Waals surface area contributed by atoms with Gasteiger partial charge in [0, 0.05) is 5.02 Å². The van der Waals surface area contributed by atoms with Gasteiger partial charge in [-0.25, -0.2) is 0 Å². The zero-order valence-electron chi connectivity index (χ0n) is 8.15. The number of ether oxygens (including phenoxy) is 1. The van der Waals surface area contributed by atoms with Crippen LogP contribution in [-0.2, 0) is 0 Å². The Morgan fingerprint density at radius 1 is 1.12 bits per heavy atom. The minimum Gasteiger partial charge on any atom is -0.437 e. The standard InChI is InChI=1S/C11H8Cl2N2O/c12-7-2-1-3-8(6-7)16-11-9(14)4-5-10(13)15-11/h1-6H,14H2. The second-order valence-electron chi connectivity index (χ2n) is 3.09. The summed E-state index contributed by atoms with van der Waals surface area (Å²) in [4.78, 5) is 3.97. The molecule has 0 saturated carbocycles. The fourth-order valence-electron chi connectivity index (χ4n) is 1.15. The Balaban J connectivity index is 2.30. The third-order valence-corrected chi connectivity index (χ3v) is 2.31. The minimum atomic E-state index is 0.273. The van der Waals surface area contributed by atoms with E-state index in [-0.39, 0.29) is 5.88 Å². The van der Waals surface area contributed by atoms with Crippen LogP contribution in [0.4, 0.5) is 5.69 Å². The molecular formula is C11H8Cl2N2O. The summed E-state index contributed by atoms with van der Waals surface area (Å²) in [5.41, 5.74) is 6.12. The van der Waals surface area contributed by atoms with Gasteiger partial charge in [0.1, 0.15) is 10.9 Å². The number of benzene rings is 1. The number of aromatic nitrogens is 1. The fourth-order valence-corrected chi connectivity index (χ4v) is 1.47. The Labute approximate surface area is 103 Å². The van der Waals surface area contributed by atoms with Crippen molar-refractivity contribution in [3.63, 3.8) is 0 Å². The first-order chi connectivity index (χ1) is 7.65. The average Bonchev–Trinajstić information content (AvgIpc) is 2.24. The van der Waals surface area contributed by atoms with Gasteiger partial charge in [-0.05, 0) is 30.3 Å². The Kier molecular flexibility index (Phi) is 3.17. The lowest BCUT2D eigenvalue weighted by Gasteiger charge is -2.07. The van der Waals surface area contributed by atoms with Crippen LogP contribution in [0.5, 0.6) is 11.6 Å². The molecule has 0 saturated heterocycles. The topological polar surface area (TPSA) is 48.1 Å². The Hall–Kier alpha value is -1.45. The molecule has 82 valence electrons. The van der Waals surface area contributed by atoms with E-state index >= 15 is 0 Å². The van der Waals surface area contributed by atoms with Gasteiger partial charge in [0.25, 0.3) is 0 Å². The van der Waals surface area contributed by atoms with Crippen LogP contribution in [-0.4, -0.2) is 4.98 Å². The number of nitrogens with two attached hydrogens (primary N) is 1. The molecule has 2 aromatic rings. The van der Waals surface area contributed by atoms with Gasteiger partial charge in [-0.3, -0.25) is 0 Å². The zero-order chi connectivity index (χ0) is 11.5. The molecule has 2 N–H and O–H groups in total. The van der Waals surface area contributed by atoms with Crippen molar-refractivity contribution in [2.45, 2.75) is 0 Å².